The van der Waals surface area contributed by atoms with Gasteiger partial charge in [-0.2, -0.15) is 0 Å². The average molecular weight is 607 g/mol. The van der Waals surface area contributed by atoms with E-state index in [1.807, 2.05) is 12.1 Å². The molecule has 1 aliphatic heterocycles. The number of alkyl carbamates (subject to hydrolysis) is 1. The van der Waals surface area contributed by atoms with E-state index in [4.69, 9.17) is 14.5 Å². The summed E-state index contributed by atoms with van der Waals surface area (Å²) >= 11 is 0. The summed E-state index contributed by atoms with van der Waals surface area (Å²) in [5.41, 5.74) is 2.58. The second kappa shape index (κ2) is 15.3. The normalized spacial score (nSPS) is 15.5. The average Bonchev–Trinajstić information content (AvgIpc) is 3.65. The number of hydrogen-bond donors (Lipinski definition) is 3. The van der Waals surface area contributed by atoms with Gasteiger partial charge >= 0.3 is 6.09 Å². The minimum atomic E-state index is -1.01. The number of aromatic amines is 1. The molecule has 236 valence electrons. The lowest BCUT2D eigenvalue weighted by atomic mass is 10.0. The summed E-state index contributed by atoms with van der Waals surface area (Å²) in [6.07, 6.45) is 6.15. The van der Waals surface area contributed by atoms with Gasteiger partial charge in [0.1, 0.15) is 17.6 Å². The number of amides is 3. The molecule has 44 heavy (non-hydrogen) atoms. The van der Waals surface area contributed by atoms with Crippen molar-refractivity contribution < 1.29 is 23.9 Å². The highest BCUT2D eigenvalue weighted by molar-refractivity contribution is 5.96. The highest BCUT2D eigenvalue weighted by atomic mass is 16.6. The number of nitrogens with zero attached hydrogens (tertiary/aromatic N) is 3. The van der Waals surface area contributed by atoms with Gasteiger partial charge in [-0.05, 0) is 61.4 Å². The fourth-order valence-corrected chi connectivity index (χ4v) is 4.92. The Labute approximate surface area is 256 Å². The Morgan fingerprint density at radius 3 is 2.77 bits per heavy atom. The number of nitrogens with one attached hydrogen (secondary N) is 3. The number of hydrogen-bond acceptors (Lipinski definition) is 7. The predicted octanol–water partition coefficient (Wildman–Crippen LogP) is 3.47. The van der Waals surface area contributed by atoms with E-state index in [2.05, 4.69) is 35.5 Å². The Morgan fingerprint density at radius 1 is 1.23 bits per heavy atom. The zero-order chi connectivity index (χ0) is 31.6. The molecule has 3 heterocycles. The summed E-state index contributed by atoms with van der Waals surface area (Å²) in [4.78, 5) is 60.6. The van der Waals surface area contributed by atoms with Crippen molar-refractivity contribution in [1.82, 2.24) is 24.8 Å². The minimum Gasteiger partial charge on any atom is -0.449 e. The van der Waals surface area contributed by atoms with Crippen LogP contribution in [0.5, 0.6) is 0 Å². The molecule has 4 rings (SSSR count). The number of likely N-dealkylation sites (N-methyl/N-ethyl adjacent to an activating group) is 1. The maximum Gasteiger partial charge on any atom is 0.407 e. The van der Waals surface area contributed by atoms with Gasteiger partial charge in [0.15, 0.2) is 0 Å². The number of ether oxygens (including phenoxy) is 2. The molecule has 2 aromatic heterocycles. The molecule has 0 spiro atoms. The highest BCUT2D eigenvalue weighted by Crippen LogP contribution is 2.20. The number of H-pyrrole nitrogens is 1. The van der Waals surface area contributed by atoms with Gasteiger partial charge in [0.25, 0.3) is 5.56 Å². The van der Waals surface area contributed by atoms with Crippen molar-refractivity contribution in [2.45, 2.75) is 52.1 Å². The highest BCUT2D eigenvalue weighted by Gasteiger charge is 2.24. The Morgan fingerprint density at radius 2 is 2.05 bits per heavy atom. The maximum absolute atomic E-state index is 13.4. The third-order valence-electron chi connectivity index (χ3n) is 7.28. The molecule has 0 saturated carbocycles. The predicted molar refractivity (Wildman–Crippen MR) is 167 cm³/mol. The number of carbonyl (C=O) groups is 3. The summed E-state index contributed by atoms with van der Waals surface area (Å²) < 4.78 is 12.1. The Balaban J connectivity index is 1.45. The number of benzene rings is 1. The lowest BCUT2D eigenvalue weighted by Gasteiger charge is -2.18. The fourth-order valence-electron chi connectivity index (χ4n) is 4.92. The van der Waals surface area contributed by atoms with Gasteiger partial charge in [-0.15, -0.1) is 0 Å². The second-order valence-corrected chi connectivity index (χ2v) is 11.7. The molecule has 3 aromatic rings. The van der Waals surface area contributed by atoms with Crippen LogP contribution in [0.2, 0.25) is 0 Å². The van der Waals surface area contributed by atoms with Crippen molar-refractivity contribution in [1.29, 1.82) is 0 Å². The summed E-state index contributed by atoms with van der Waals surface area (Å²) in [5.74, 6) is 0.445. The van der Waals surface area contributed by atoms with Crippen LogP contribution in [0.3, 0.4) is 0 Å². The third-order valence-corrected chi connectivity index (χ3v) is 7.28. The summed E-state index contributed by atoms with van der Waals surface area (Å²) in [7, 11) is 3.28. The van der Waals surface area contributed by atoms with Gasteiger partial charge < -0.3 is 34.6 Å². The molecule has 12 heteroatoms. The first-order valence-electron chi connectivity index (χ1n) is 15.0. The maximum atomic E-state index is 13.4. The van der Waals surface area contributed by atoms with Crippen molar-refractivity contribution in [3.8, 4) is 0 Å². The fraction of sp³-hybridized carbons (Fsp3) is 0.469. The molecule has 1 aromatic carbocycles. The van der Waals surface area contributed by atoms with E-state index in [0.717, 1.165) is 29.4 Å². The second-order valence-electron chi connectivity index (χ2n) is 11.7. The largest absolute Gasteiger partial charge is 0.449 e. The van der Waals surface area contributed by atoms with Crippen molar-refractivity contribution >= 4 is 34.6 Å². The molecule has 3 N–H and O–H groups in total. The van der Waals surface area contributed by atoms with Crippen LogP contribution in [0.15, 0.2) is 53.5 Å². The van der Waals surface area contributed by atoms with Crippen LogP contribution in [-0.4, -0.2) is 77.3 Å². The molecule has 1 aliphatic rings. The van der Waals surface area contributed by atoms with Crippen LogP contribution in [0.4, 0.5) is 10.5 Å². The zero-order valence-corrected chi connectivity index (χ0v) is 25.8. The number of carbonyl (C=O) groups excluding carboxylic acids is 3. The summed E-state index contributed by atoms with van der Waals surface area (Å²) in [6, 6.07) is 8.18. The number of allylic oxidation sites excluding steroid dienone is 1. The number of aromatic nitrogens is 3. The SMILES string of the molecule is CC(C)Cc1cccc2[nH]c(Cn3cccc(NC(=O)[C@H](CC/C=C/C(=O)N(C)C)NC(=O)OCC4CCOC4)c3=O)nc12. The quantitative estimate of drug-likeness (QED) is 0.253. The van der Waals surface area contributed by atoms with Gasteiger partial charge in [-0.1, -0.05) is 32.1 Å². The van der Waals surface area contributed by atoms with Crippen molar-refractivity contribution in [2.24, 2.45) is 11.8 Å². The molecule has 0 aliphatic carbocycles. The van der Waals surface area contributed by atoms with E-state index in [1.54, 1.807) is 32.4 Å². The first kappa shape index (κ1) is 32.5. The van der Waals surface area contributed by atoms with E-state index in [1.165, 1.54) is 21.6 Å². The van der Waals surface area contributed by atoms with Crippen LogP contribution in [0.25, 0.3) is 11.0 Å². The summed E-state index contributed by atoms with van der Waals surface area (Å²) in [6.45, 7) is 5.83. The Kier molecular flexibility index (Phi) is 11.3. The van der Waals surface area contributed by atoms with E-state index < -0.39 is 23.6 Å². The van der Waals surface area contributed by atoms with Crippen LogP contribution in [0.1, 0.15) is 44.5 Å². The van der Waals surface area contributed by atoms with E-state index in [9.17, 15) is 19.2 Å². The van der Waals surface area contributed by atoms with Crippen molar-refractivity contribution in [3.63, 3.8) is 0 Å². The number of anilines is 1. The molecule has 1 unspecified atom stereocenters. The van der Waals surface area contributed by atoms with Crippen molar-refractivity contribution in [3.05, 3.63) is 70.4 Å². The van der Waals surface area contributed by atoms with Crippen molar-refractivity contribution in [2.75, 3.05) is 39.2 Å². The smallest absolute Gasteiger partial charge is 0.407 e. The lowest BCUT2D eigenvalue weighted by molar-refractivity contribution is -0.123. The Bertz CT molecular complexity index is 1540. The molecular formula is C32H42N6O6. The first-order valence-corrected chi connectivity index (χ1v) is 15.0. The van der Waals surface area contributed by atoms with Crippen LogP contribution >= 0.6 is 0 Å². The van der Waals surface area contributed by atoms with Crippen LogP contribution in [-0.2, 0) is 32.0 Å². The van der Waals surface area contributed by atoms with E-state index >= 15 is 0 Å². The van der Waals surface area contributed by atoms with Gasteiger partial charge in [-0.25, -0.2) is 9.78 Å². The molecule has 0 radical (unpaired) electrons. The Hall–Kier alpha value is -4.45. The number of rotatable bonds is 13. The minimum absolute atomic E-state index is 0.0655. The number of pyridine rings is 1. The number of imidazole rings is 1. The molecule has 0 bridgehead atoms. The van der Waals surface area contributed by atoms with E-state index in [0.29, 0.717) is 31.4 Å². The molecule has 2 atom stereocenters. The van der Waals surface area contributed by atoms with Gasteiger partial charge in [-0.3, -0.25) is 14.4 Å². The standard InChI is InChI=1S/C32H42N6O6/c1-21(2)17-23-9-7-11-24-29(23)36-27(33-24)18-38-15-8-12-26(31(38)41)34-30(40)25(10-5-6-13-28(39)37(3)4)35-32(42)44-20-22-14-16-43-19-22/h6-9,11-13,15,21-22,25H,5,10,14,16-20H2,1-4H3,(H,33,36)(H,34,40)(H,35,42)/b13-6+/t22?,25-/m0/s1. The van der Waals surface area contributed by atoms with Gasteiger partial charge in [0.2, 0.25) is 11.8 Å². The molecule has 1 fully saturated rings. The number of fused-ring (bicyclic) bond motifs is 1. The van der Waals surface area contributed by atoms with Crippen LogP contribution in [0, 0.1) is 11.8 Å². The lowest BCUT2D eigenvalue weighted by Crippen LogP contribution is -2.45. The zero-order valence-electron chi connectivity index (χ0n) is 25.8. The number of para-hydroxylation sites is 1. The van der Waals surface area contributed by atoms with Gasteiger partial charge in [0, 0.05) is 32.8 Å². The third kappa shape index (κ3) is 9.03. The molecule has 12 nitrogen and oxygen atoms in total. The molecule has 3 amide bonds. The summed E-state index contributed by atoms with van der Waals surface area (Å²) in [5, 5.41) is 5.28. The first-order chi connectivity index (χ1) is 21.1. The van der Waals surface area contributed by atoms with Gasteiger partial charge in [0.05, 0.1) is 30.8 Å². The topological polar surface area (TPSA) is 148 Å². The molecular weight excluding hydrogens is 564 g/mol. The monoisotopic (exact) mass is 606 g/mol. The van der Waals surface area contributed by atoms with Crippen LogP contribution < -0.4 is 16.2 Å². The van der Waals surface area contributed by atoms with E-state index in [-0.39, 0.29) is 37.1 Å². The molecule has 1 saturated heterocycles.